The highest BCUT2D eigenvalue weighted by atomic mass is 32.2. The summed E-state index contributed by atoms with van der Waals surface area (Å²) in [6.07, 6.45) is 6.33. The Bertz CT molecular complexity index is 735. The largest absolute Gasteiger partial charge is 0.383 e. The van der Waals surface area contributed by atoms with Crippen LogP contribution in [0.3, 0.4) is 0 Å². The minimum Gasteiger partial charge on any atom is -0.383 e. The van der Waals surface area contributed by atoms with Crippen LogP contribution in [0.4, 0.5) is 5.82 Å². The van der Waals surface area contributed by atoms with E-state index in [-0.39, 0.29) is 0 Å². The quantitative estimate of drug-likeness (QED) is 0.939. The van der Waals surface area contributed by atoms with Gasteiger partial charge < -0.3 is 10.3 Å². The molecule has 0 aromatic carbocycles. The van der Waals surface area contributed by atoms with Crippen LogP contribution in [0.15, 0.2) is 12.5 Å². The van der Waals surface area contributed by atoms with Crippen molar-refractivity contribution in [2.75, 3.05) is 24.6 Å². The molecule has 2 N–H and O–H groups in total. The Morgan fingerprint density at radius 3 is 2.91 bits per heavy atom. The number of aromatic nitrogens is 3. The second-order valence-corrected chi connectivity index (χ2v) is 8.33. The third-order valence-corrected chi connectivity index (χ3v) is 7.14. The molecule has 116 valence electrons. The van der Waals surface area contributed by atoms with Crippen molar-refractivity contribution in [2.45, 2.75) is 37.1 Å². The molecule has 2 saturated heterocycles. The number of likely N-dealkylation sites (tertiary alicyclic amines) is 1. The van der Waals surface area contributed by atoms with Crippen molar-refractivity contribution >= 4 is 28.6 Å². The highest BCUT2D eigenvalue weighted by Crippen LogP contribution is 2.45. The zero-order valence-corrected chi connectivity index (χ0v) is 13.6. The second kappa shape index (κ2) is 4.61. The van der Waals surface area contributed by atoms with E-state index >= 15 is 0 Å². The van der Waals surface area contributed by atoms with Crippen molar-refractivity contribution in [1.29, 1.82) is 0 Å². The molecular weight excluding hydrogens is 294 g/mol. The number of thioether (sulfide) groups is 1. The van der Waals surface area contributed by atoms with Gasteiger partial charge in [-0.05, 0) is 31.2 Å². The Balaban J connectivity index is 1.30. The number of anilines is 1. The minimum absolute atomic E-state index is 0.586. The molecule has 0 amide bonds. The fourth-order valence-electron chi connectivity index (χ4n) is 4.26. The monoisotopic (exact) mass is 315 g/mol. The predicted molar refractivity (Wildman–Crippen MR) is 90.0 cm³/mol. The van der Waals surface area contributed by atoms with Crippen molar-refractivity contribution in [1.82, 2.24) is 19.4 Å². The zero-order valence-electron chi connectivity index (χ0n) is 12.8. The van der Waals surface area contributed by atoms with Gasteiger partial charge in [0.25, 0.3) is 0 Å². The van der Waals surface area contributed by atoms with E-state index in [1.54, 1.807) is 6.33 Å². The Morgan fingerprint density at radius 1 is 1.36 bits per heavy atom. The van der Waals surface area contributed by atoms with Gasteiger partial charge in [-0.15, -0.1) is 0 Å². The molecule has 5 rings (SSSR count). The molecule has 0 radical (unpaired) electrons. The molecule has 2 aromatic heterocycles. The fourth-order valence-corrected chi connectivity index (χ4v) is 5.57. The Morgan fingerprint density at radius 2 is 2.23 bits per heavy atom. The summed E-state index contributed by atoms with van der Waals surface area (Å²) in [4.78, 5) is 11.3. The number of hydrogen-bond donors (Lipinski definition) is 1. The molecule has 2 aliphatic heterocycles. The van der Waals surface area contributed by atoms with E-state index in [4.69, 9.17) is 5.73 Å². The summed E-state index contributed by atoms with van der Waals surface area (Å²) in [5.41, 5.74) is 8.21. The van der Waals surface area contributed by atoms with Gasteiger partial charge in [-0.1, -0.05) is 0 Å². The third kappa shape index (κ3) is 1.77. The number of nitrogens with zero attached hydrogens (tertiary/aromatic N) is 4. The van der Waals surface area contributed by atoms with Gasteiger partial charge in [-0.25, -0.2) is 9.97 Å². The van der Waals surface area contributed by atoms with E-state index in [0.717, 1.165) is 28.2 Å². The summed E-state index contributed by atoms with van der Waals surface area (Å²) in [6.45, 7) is 4.72. The highest BCUT2D eigenvalue weighted by molar-refractivity contribution is 8.01. The Labute approximate surface area is 134 Å². The number of nitrogens with two attached hydrogens (primary N) is 1. The van der Waals surface area contributed by atoms with Gasteiger partial charge in [0.1, 0.15) is 17.8 Å². The number of fused-ring (bicyclic) bond motifs is 2. The van der Waals surface area contributed by atoms with E-state index in [0.29, 0.717) is 11.9 Å². The maximum Gasteiger partial charge on any atom is 0.145 e. The summed E-state index contributed by atoms with van der Waals surface area (Å²) in [5, 5.41) is 2.00. The number of nitrogen functional groups attached to an aromatic ring is 1. The van der Waals surface area contributed by atoms with Crippen molar-refractivity contribution < 1.29 is 0 Å². The van der Waals surface area contributed by atoms with Gasteiger partial charge in [0, 0.05) is 42.4 Å². The normalized spacial score (nSPS) is 33.9. The first-order valence-electron chi connectivity index (χ1n) is 8.14. The van der Waals surface area contributed by atoms with Crippen LogP contribution < -0.4 is 5.73 Å². The molecule has 1 aliphatic carbocycles. The molecule has 0 spiro atoms. The zero-order chi connectivity index (χ0) is 14.8. The third-order valence-electron chi connectivity index (χ3n) is 5.72. The van der Waals surface area contributed by atoms with E-state index < -0.39 is 0 Å². The first kappa shape index (κ1) is 13.2. The van der Waals surface area contributed by atoms with Crippen molar-refractivity contribution in [3.8, 4) is 0 Å². The fraction of sp³-hybridized carbons (Fsp3) is 0.625. The maximum atomic E-state index is 6.01. The van der Waals surface area contributed by atoms with Crippen LogP contribution in [0.1, 0.15) is 24.4 Å². The van der Waals surface area contributed by atoms with Crippen LogP contribution in [0.2, 0.25) is 0 Å². The van der Waals surface area contributed by atoms with Gasteiger partial charge in [-0.2, -0.15) is 11.8 Å². The summed E-state index contributed by atoms with van der Waals surface area (Å²) in [7, 11) is 0. The van der Waals surface area contributed by atoms with Gasteiger partial charge in [0.2, 0.25) is 0 Å². The van der Waals surface area contributed by atoms with Crippen molar-refractivity contribution in [2.24, 2.45) is 5.92 Å². The van der Waals surface area contributed by atoms with Crippen LogP contribution in [0.25, 0.3) is 11.0 Å². The summed E-state index contributed by atoms with van der Waals surface area (Å²) >= 11 is 2.14. The molecule has 2 aromatic rings. The van der Waals surface area contributed by atoms with Gasteiger partial charge >= 0.3 is 0 Å². The number of rotatable bonds is 3. The first-order chi connectivity index (χ1) is 10.7. The highest BCUT2D eigenvalue weighted by Gasteiger charge is 2.47. The molecule has 4 heterocycles. The van der Waals surface area contributed by atoms with E-state index in [9.17, 15) is 0 Å². The topological polar surface area (TPSA) is 60.0 Å². The summed E-state index contributed by atoms with van der Waals surface area (Å²) in [5.74, 6) is 2.82. The Kier molecular flexibility index (Phi) is 2.77. The van der Waals surface area contributed by atoms with Crippen LogP contribution in [-0.4, -0.2) is 49.6 Å². The standard InChI is InChI=1S/C16H21N5S/c1-9-4-21(16-14(9)15(17)18-8-19-16)11-2-10(3-11)5-20-6-13-12(20)7-22-13/h4,8,10-13H,2-3,5-7H2,1H3,(H2,17,18,19). The average Bonchev–Trinajstić information content (AvgIpc) is 2.76. The smallest absolute Gasteiger partial charge is 0.145 e. The van der Waals surface area contributed by atoms with E-state index in [1.807, 2.05) is 0 Å². The molecule has 2 atom stereocenters. The molecule has 6 heteroatoms. The SMILES string of the molecule is Cc1cn(C2CC(CN3CC4SCC43)C2)c2ncnc(N)c12. The van der Waals surface area contributed by atoms with Gasteiger partial charge in [0.05, 0.1) is 5.39 Å². The number of hydrogen-bond acceptors (Lipinski definition) is 5. The van der Waals surface area contributed by atoms with Crippen LogP contribution in [0, 0.1) is 12.8 Å². The molecular formula is C16H21N5S. The molecule has 3 aliphatic rings. The summed E-state index contributed by atoms with van der Waals surface area (Å²) < 4.78 is 2.33. The van der Waals surface area contributed by atoms with Gasteiger partial charge in [0.15, 0.2) is 0 Å². The van der Waals surface area contributed by atoms with Gasteiger partial charge in [-0.3, -0.25) is 4.90 Å². The lowest BCUT2D eigenvalue weighted by Crippen LogP contribution is -2.66. The Hall–Kier alpha value is -1.27. The lowest BCUT2D eigenvalue weighted by molar-refractivity contribution is 0.0469. The molecule has 5 nitrogen and oxygen atoms in total. The maximum absolute atomic E-state index is 6.01. The van der Waals surface area contributed by atoms with Crippen molar-refractivity contribution in [3.05, 3.63) is 18.1 Å². The van der Waals surface area contributed by atoms with E-state index in [2.05, 4.69) is 44.3 Å². The lowest BCUT2D eigenvalue weighted by atomic mass is 9.78. The van der Waals surface area contributed by atoms with Crippen molar-refractivity contribution in [3.63, 3.8) is 0 Å². The van der Waals surface area contributed by atoms with Crippen LogP contribution in [-0.2, 0) is 0 Å². The van der Waals surface area contributed by atoms with Crippen LogP contribution in [0.5, 0.6) is 0 Å². The van der Waals surface area contributed by atoms with E-state index in [1.165, 1.54) is 37.2 Å². The number of aryl methyl sites for hydroxylation is 1. The molecule has 3 fully saturated rings. The first-order valence-corrected chi connectivity index (χ1v) is 9.19. The molecule has 1 saturated carbocycles. The molecule has 22 heavy (non-hydrogen) atoms. The molecule has 0 bridgehead atoms. The minimum atomic E-state index is 0.586. The lowest BCUT2D eigenvalue weighted by Gasteiger charge is -2.57. The average molecular weight is 315 g/mol. The molecule has 2 unspecified atom stereocenters. The van der Waals surface area contributed by atoms with Crippen LogP contribution >= 0.6 is 11.8 Å². The summed E-state index contributed by atoms with van der Waals surface area (Å²) in [6, 6.07) is 1.49. The second-order valence-electron chi connectivity index (χ2n) is 7.06. The predicted octanol–water partition coefficient (Wildman–Crippen LogP) is 2.07.